The van der Waals surface area contributed by atoms with Crippen LogP contribution in [-0.4, -0.2) is 36.8 Å². The van der Waals surface area contributed by atoms with Gasteiger partial charge in [0, 0.05) is 34.7 Å². The van der Waals surface area contributed by atoms with E-state index in [2.05, 4.69) is 9.98 Å². The minimum Gasteiger partial charge on any atom is -0.472 e. The molecule has 6 heteroatoms. The molecule has 0 unspecified atom stereocenters. The molecule has 102 valence electrons. The van der Waals surface area contributed by atoms with Crippen LogP contribution in [0.3, 0.4) is 0 Å². The molecule has 0 spiro atoms. The van der Waals surface area contributed by atoms with E-state index in [9.17, 15) is 0 Å². The molecule has 0 fully saturated rings. The van der Waals surface area contributed by atoms with Crippen LogP contribution in [0.15, 0.2) is 9.98 Å². The van der Waals surface area contributed by atoms with Crippen LogP contribution in [0.1, 0.15) is 38.5 Å². The van der Waals surface area contributed by atoms with Gasteiger partial charge in [-0.15, -0.1) is 0 Å². The molecule has 0 aromatic carbocycles. The van der Waals surface area contributed by atoms with Crippen molar-refractivity contribution in [1.29, 1.82) is 0 Å². The molecule has 2 heterocycles. The number of hydrogen-bond donors (Lipinski definition) is 0. The molecule has 0 saturated carbocycles. The summed E-state index contributed by atoms with van der Waals surface area (Å²) in [5.41, 5.74) is 0. The summed E-state index contributed by atoms with van der Waals surface area (Å²) in [4.78, 5) is 8.87. The van der Waals surface area contributed by atoms with Crippen LogP contribution in [0.4, 0.5) is 0 Å². The summed E-state index contributed by atoms with van der Waals surface area (Å²) >= 11 is 0. The predicted molar refractivity (Wildman–Crippen MR) is 79.4 cm³/mol. The van der Waals surface area contributed by atoms with Gasteiger partial charge >= 0.3 is 0 Å². The highest BCUT2D eigenvalue weighted by atomic mass is 33.1. The zero-order chi connectivity index (χ0) is 12.5. The zero-order valence-electron chi connectivity index (χ0n) is 10.6. The normalized spacial score (nSPS) is 28.0. The lowest BCUT2D eigenvalue weighted by Gasteiger charge is -2.13. The molecule has 18 heavy (non-hydrogen) atoms. The fourth-order valence-electron chi connectivity index (χ4n) is 1.70. The van der Waals surface area contributed by atoms with Crippen molar-refractivity contribution in [2.75, 3.05) is 26.3 Å². The summed E-state index contributed by atoms with van der Waals surface area (Å²) in [6.45, 7) is 3.30. The summed E-state index contributed by atoms with van der Waals surface area (Å²) in [7, 11) is 3.06. The van der Waals surface area contributed by atoms with Gasteiger partial charge in [-0.2, -0.15) is 0 Å². The molecule has 4 nitrogen and oxygen atoms in total. The summed E-state index contributed by atoms with van der Waals surface area (Å²) in [6.07, 6.45) is 7.00. The van der Waals surface area contributed by atoms with E-state index in [0.717, 1.165) is 62.4 Å². The highest BCUT2D eigenvalue weighted by Crippen LogP contribution is 2.27. The third kappa shape index (κ3) is 5.52. The van der Waals surface area contributed by atoms with Crippen LogP contribution >= 0.6 is 21.6 Å². The fraction of sp³-hybridized carbons (Fsp3) is 0.833. The third-order valence-corrected chi connectivity index (χ3v) is 4.69. The molecule has 0 radical (unpaired) electrons. The Kier molecular flexibility index (Phi) is 6.79. The summed E-state index contributed by atoms with van der Waals surface area (Å²) in [6, 6.07) is 0. The molecule has 0 aliphatic carbocycles. The average molecular weight is 288 g/mol. The number of hydrogen-bond acceptors (Lipinski definition) is 6. The van der Waals surface area contributed by atoms with Gasteiger partial charge < -0.3 is 9.47 Å². The maximum absolute atomic E-state index is 5.61. The smallest absolute Gasteiger partial charge is 0.257 e. The number of nitrogens with zero attached hydrogens (tertiary/aromatic N) is 2. The molecule has 2 aliphatic rings. The maximum Gasteiger partial charge on any atom is 0.257 e. The lowest BCUT2D eigenvalue weighted by atomic mass is 10.2. The van der Waals surface area contributed by atoms with E-state index in [1.165, 1.54) is 34.4 Å². The number of aliphatic imine (C=N–C) groups is 2. The molecule has 0 atom stereocenters. The molecule has 0 amide bonds. The monoisotopic (exact) mass is 288 g/mol. The quantitative estimate of drug-likeness (QED) is 0.640. The molecule has 0 N–H and O–H groups in total. The Labute approximate surface area is 116 Å². The van der Waals surface area contributed by atoms with Crippen LogP contribution in [0.2, 0.25) is 0 Å². The molecule has 0 bridgehead atoms. The largest absolute Gasteiger partial charge is 0.472 e. The summed E-state index contributed by atoms with van der Waals surface area (Å²) < 4.78 is 11.2. The van der Waals surface area contributed by atoms with Crippen molar-refractivity contribution >= 4 is 32.0 Å². The second kappa shape index (κ2) is 8.69. The minimum atomic E-state index is 0.771. The molecule has 2 rings (SSSR count). The van der Waals surface area contributed by atoms with Crippen molar-refractivity contribution in [3.05, 3.63) is 0 Å². The van der Waals surface area contributed by atoms with Gasteiger partial charge in [-0.3, -0.25) is 0 Å². The van der Waals surface area contributed by atoms with E-state index in [4.69, 9.17) is 9.47 Å². The minimum absolute atomic E-state index is 0.771. The standard InChI is InChI=1S/C12H20N2O2S2/c1-3-7-13-11(15-9-5-1)17-18-12-14-8-4-2-6-10-16-12/h1-10H2/b13-11+,14-12+. The Bertz CT molecular complexity index is 278. The van der Waals surface area contributed by atoms with Crippen molar-refractivity contribution in [2.24, 2.45) is 9.98 Å². The van der Waals surface area contributed by atoms with Crippen LogP contribution < -0.4 is 0 Å². The topological polar surface area (TPSA) is 43.2 Å². The van der Waals surface area contributed by atoms with Gasteiger partial charge in [0.2, 0.25) is 0 Å². The average Bonchev–Trinajstić information content (AvgIpc) is 2.29. The molecule has 0 saturated heterocycles. The molecule has 2 aliphatic heterocycles. The second-order valence-corrected chi connectivity index (χ2v) is 6.31. The highest BCUT2D eigenvalue weighted by Gasteiger charge is 2.11. The van der Waals surface area contributed by atoms with E-state index in [0.29, 0.717) is 0 Å². The first-order chi connectivity index (χ1) is 8.95. The fourth-order valence-corrected chi connectivity index (χ4v) is 3.43. The van der Waals surface area contributed by atoms with E-state index in [-0.39, 0.29) is 0 Å². The van der Waals surface area contributed by atoms with Crippen molar-refractivity contribution in [3.63, 3.8) is 0 Å². The van der Waals surface area contributed by atoms with Gasteiger partial charge in [-0.25, -0.2) is 9.98 Å². The van der Waals surface area contributed by atoms with Crippen molar-refractivity contribution in [1.82, 2.24) is 0 Å². The second-order valence-electron chi connectivity index (χ2n) is 4.28. The van der Waals surface area contributed by atoms with Crippen molar-refractivity contribution in [3.8, 4) is 0 Å². The van der Waals surface area contributed by atoms with Gasteiger partial charge in [0.15, 0.2) is 0 Å². The van der Waals surface area contributed by atoms with Gasteiger partial charge in [-0.05, 0) is 38.5 Å². The van der Waals surface area contributed by atoms with Gasteiger partial charge in [0.05, 0.1) is 13.2 Å². The van der Waals surface area contributed by atoms with Crippen molar-refractivity contribution < 1.29 is 9.47 Å². The Balaban J connectivity index is 1.77. The van der Waals surface area contributed by atoms with E-state index in [1.54, 1.807) is 0 Å². The predicted octanol–water partition coefficient (Wildman–Crippen LogP) is 3.48. The molecule has 0 aromatic rings. The first-order valence-electron chi connectivity index (χ1n) is 6.64. The van der Waals surface area contributed by atoms with Crippen LogP contribution in [-0.2, 0) is 9.47 Å². The summed E-state index contributed by atoms with van der Waals surface area (Å²) in [5.74, 6) is 0. The Morgan fingerprint density at radius 2 is 1.17 bits per heavy atom. The zero-order valence-corrected chi connectivity index (χ0v) is 12.2. The Morgan fingerprint density at radius 3 is 1.67 bits per heavy atom. The van der Waals surface area contributed by atoms with E-state index in [1.807, 2.05) is 0 Å². The molecular formula is C12H20N2O2S2. The third-order valence-electron chi connectivity index (χ3n) is 2.72. The van der Waals surface area contributed by atoms with Gasteiger partial charge in [0.1, 0.15) is 0 Å². The Morgan fingerprint density at radius 1 is 0.667 bits per heavy atom. The SMILES string of the molecule is C1CC/N=C(/SS/C2=N/CCCCCO2)OCC1. The lowest BCUT2D eigenvalue weighted by molar-refractivity contribution is 0.294. The van der Waals surface area contributed by atoms with Crippen LogP contribution in [0, 0.1) is 0 Å². The molecular weight excluding hydrogens is 268 g/mol. The number of ether oxygens (including phenoxy) is 2. The lowest BCUT2D eigenvalue weighted by Crippen LogP contribution is -2.08. The first-order valence-corrected chi connectivity index (χ1v) is 8.79. The van der Waals surface area contributed by atoms with Crippen molar-refractivity contribution in [2.45, 2.75) is 38.5 Å². The Hall–Kier alpha value is -0.360. The molecule has 0 aromatic heterocycles. The van der Waals surface area contributed by atoms with Gasteiger partial charge in [0.25, 0.3) is 10.5 Å². The van der Waals surface area contributed by atoms with Crippen LogP contribution in [0.25, 0.3) is 0 Å². The maximum atomic E-state index is 5.61. The highest BCUT2D eigenvalue weighted by molar-refractivity contribution is 8.87. The van der Waals surface area contributed by atoms with Crippen LogP contribution in [0.5, 0.6) is 0 Å². The number of rotatable bonds is 0. The van der Waals surface area contributed by atoms with E-state index >= 15 is 0 Å². The first kappa shape index (κ1) is 14.1. The van der Waals surface area contributed by atoms with E-state index < -0.39 is 0 Å². The van der Waals surface area contributed by atoms with Gasteiger partial charge in [-0.1, -0.05) is 0 Å². The summed E-state index contributed by atoms with van der Waals surface area (Å²) in [5, 5.41) is 1.54.